The van der Waals surface area contributed by atoms with Gasteiger partial charge in [0.2, 0.25) is 0 Å². The molecule has 1 atom stereocenters. The maximum atomic E-state index is 12.7. The second-order valence-corrected chi connectivity index (χ2v) is 9.50. The number of nitrogens with zero attached hydrogens (tertiary/aromatic N) is 1. The van der Waals surface area contributed by atoms with Crippen LogP contribution in [0.1, 0.15) is 43.9 Å². The van der Waals surface area contributed by atoms with Crippen LogP contribution in [0.3, 0.4) is 0 Å². The van der Waals surface area contributed by atoms with Gasteiger partial charge in [0.15, 0.2) is 11.5 Å². The SMILES string of the molecule is CCOc1cc(/C=C2/SC(=O)N([C@@H](C)CC)C2=O)cc(I)c1OCc1ccc(C)cc1. The molecule has 1 saturated heterocycles. The van der Waals surface area contributed by atoms with Gasteiger partial charge in [-0.3, -0.25) is 14.5 Å². The van der Waals surface area contributed by atoms with Crippen molar-refractivity contribution < 1.29 is 19.1 Å². The Hall–Kier alpha value is -2.00. The summed E-state index contributed by atoms with van der Waals surface area (Å²) in [6.45, 7) is 8.74. The molecule has 1 aliphatic rings. The van der Waals surface area contributed by atoms with Crippen molar-refractivity contribution in [3.05, 3.63) is 61.6 Å². The number of thioether (sulfide) groups is 1. The van der Waals surface area contributed by atoms with Crippen molar-refractivity contribution >= 4 is 51.6 Å². The minimum atomic E-state index is -0.239. The predicted octanol–water partition coefficient (Wildman–Crippen LogP) is 6.41. The molecule has 2 aromatic rings. The second-order valence-electron chi connectivity index (χ2n) is 7.35. The van der Waals surface area contributed by atoms with Gasteiger partial charge in [0, 0.05) is 6.04 Å². The van der Waals surface area contributed by atoms with E-state index < -0.39 is 0 Å². The van der Waals surface area contributed by atoms with Crippen molar-refractivity contribution in [1.29, 1.82) is 0 Å². The number of aryl methyl sites for hydroxylation is 1. The van der Waals surface area contributed by atoms with E-state index in [1.165, 1.54) is 10.5 Å². The average Bonchev–Trinajstić information content (AvgIpc) is 3.01. The molecular weight excluding hydrogens is 525 g/mol. The summed E-state index contributed by atoms with van der Waals surface area (Å²) in [4.78, 5) is 26.8. The zero-order chi connectivity index (χ0) is 22.5. The topological polar surface area (TPSA) is 55.8 Å². The largest absolute Gasteiger partial charge is 0.490 e. The molecule has 0 aliphatic carbocycles. The molecule has 0 saturated carbocycles. The van der Waals surface area contributed by atoms with Crippen molar-refractivity contribution in [3.8, 4) is 11.5 Å². The van der Waals surface area contributed by atoms with Crippen LogP contribution in [0, 0.1) is 10.5 Å². The lowest BCUT2D eigenvalue weighted by atomic mass is 10.1. The molecule has 0 unspecified atom stereocenters. The second kappa shape index (κ2) is 10.5. The first-order chi connectivity index (χ1) is 14.8. The number of hydrogen-bond donors (Lipinski definition) is 0. The normalized spacial score (nSPS) is 16.2. The molecule has 0 N–H and O–H groups in total. The van der Waals surface area contributed by atoms with E-state index in [4.69, 9.17) is 9.47 Å². The van der Waals surface area contributed by atoms with E-state index in [-0.39, 0.29) is 17.2 Å². The summed E-state index contributed by atoms with van der Waals surface area (Å²) in [5, 5.41) is -0.219. The molecule has 5 nitrogen and oxygen atoms in total. The Balaban J connectivity index is 1.86. The molecule has 164 valence electrons. The number of halogens is 1. The van der Waals surface area contributed by atoms with E-state index in [9.17, 15) is 9.59 Å². The van der Waals surface area contributed by atoms with E-state index in [0.29, 0.717) is 29.6 Å². The van der Waals surface area contributed by atoms with Gasteiger partial charge in [0.05, 0.1) is 15.1 Å². The zero-order valence-corrected chi connectivity index (χ0v) is 21.1. The zero-order valence-electron chi connectivity index (χ0n) is 18.1. The van der Waals surface area contributed by atoms with Gasteiger partial charge >= 0.3 is 0 Å². The van der Waals surface area contributed by atoms with Gasteiger partial charge in [0.25, 0.3) is 11.1 Å². The minimum Gasteiger partial charge on any atom is -0.490 e. The van der Waals surface area contributed by atoms with Gasteiger partial charge < -0.3 is 9.47 Å². The molecule has 2 aromatic carbocycles. The number of benzene rings is 2. The Labute approximate surface area is 201 Å². The number of carbonyl (C=O) groups excluding carboxylic acids is 2. The molecule has 3 rings (SSSR count). The van der Waals surface area contributed by atoms with E-state index in [1.54, 1.807) is 6.08 Å². The summed E-state index contributed by atoms with van der Waals surface area (Å²) in [7, 11) is 0. The fourth-order valence-corrected chi connectivity index (χ4v) is 4.82. The van der Waals surface area contributed by atoms with E-state index in [1.807, 2.05) is 45.0 Å². The molecule has 0 aromatic heterocycles. The Morgan fingerprint density at radius 2 is 1.84 bits per heavy atom. The van der Waals surface area contributed by atoms with E-state index in [2.05, 4.69) is 41.6 Å². The Kier molecular flexibility index (Phi) is 8.05. The molecule has 1 aliphatic heterocycles. The van der Waals surface area contributed by atoms with E-state index in [0.717, 1.165) is 32.9 Å². The van der Waals surface area contributed by atoms with Crippen molar-refractivity contribution in [2.75, 3.05) is 6.61 Å². The van der Waals surface area contributed by atoms with Crippen LogP contribution < -0.4 is 9.47 Å². The molecule has 0 spiro atoms. The molecule has 1 heterocycles. The van der Waals surface area contributed by atoms with Crippen molar-refractivity contribution in [3.63, 3.8) is 0 Å². The van der Waals surface area contributed by atoms with Gasteiger partial charge in [-0.1, -0.05) is 36.8 Å². The van der Waals surface area contributed by atoms with Crippen molar-refractivity contribution in [1.82, 2.24) is 4.90 Å². The highest BCUT2D eigenvalue weighted by Crippen LogP contribution is 2.38. The highest BCUT2D eigenvalue weighted by molar-refractivity contribution is 14.1. The van der Waals surface area contributed by atoms with Crippen LogP contribution in [0.5, 0.6) is 11.5 Å². The highest BCUT2D eigenvalue weighted by atomic mass is 127. The van der Waals surface area contributed by atoms with Crippen LogP contribution >= 0.6 is 34.4 Å². The smallest absolute Gasteiger partial charge is 0.293 e. The first-order valence-electron chi connectivity index (χ1n) is 10.3. The van der Waals surface area contributed by atoms with Gasteiger partial charge in [-0.2, -0.15) is 0 Å². The number of imide groups is 1. The molecular formula is C24H26INO4S. The fraction of sp³-hybridized carbons (Fsp3) is 0.333. The molecule has 0 bridgehead atoms. The lowest BCUT2D eigenvalue weighted by molar-refractivity contribution is -0.124. The Morgan fingerprint density at radius 1 is 1.13 bits per heavy atom. The molecule has 31 heavy (non-hydrogen) atoms. The number of carbonyl (C=O) groups is 2. The van der Waals surface area contributed by atoms with Gasteiger partial charge in [0.1, 0.15) is 6.61 Å². The third kappa shape index (κ3) is 5.63. The van der Waals surface area contributed by atoms with Gasteiger partial charge in [-0.05, 0) is 90.9 Å². The van der Waals surface area contributed by atoms with E-state index >= 15 is 0 Å². The Morgan fingerprint density at radius 3 is 2.48 bits per heavy atom. The lowest BCUT2D eigenvalue weighted by Crippen LogP contribution is -2.36. The summed E-state index contributed by atoms with van der Waals surface area (Å²) >= 11 is 3.19. The molecule has 2 amide bonds. The standard InChI is InChI=1S/C24H26INO4S/c1-5-16(4)26-23(27)21(31-24(26)28)13-18-11-19(25)22(20(12-18)29-6-2)30-14-17-9-7-15(3)8-10-17/h7-13,16H,5-6,14H2,1-4H3/b21-13+/t16-/m0/s1. The maximum absolute atomic E-state index is 12.7. The molecule has 7 heteroatoms. The Bertz CT molecular complexity index is 1000. The summed E-state index contributed by atoms with van der Waals surface area (Å²) in [6.07, 6.45) is 2.48. The quantitative estimate of drug-likeness (QED) is 0.280. The van der Waals surface area contributed by atoms with Crippen LogP contribution in [0.4, 0.5) is 4.79 Å². The summed E-state index contributed by atoms with van der Waals surface area (Å²) < 4.78 is 12.8. The van der Waals surface area contributed by atoms with Crippen LogP contribution in [0.15, 0.2) is 41.3 Å². The minimum absolute atomic E-state index is 0.116. The van der Waals surface area contributed by atoms with Gasteiger partial charge in [-0.25, -0.2) is 0 Å². The van der Waals surface area contributed by atoms with Gasteiger partial charge in [-0.15, -0.1) is 0 Å². The van der Waals surface area contributed by atoms with Crippen LogP contribution in [-0.2, 0) is 11.4 Å². The third-order valence-corrected chi connectivity index (χ3v) is 6.67. The predicted molar refractivity (Wildman–Crippen MR) is 133 cm³/mol. The summed E-state index contributed by atoms with van der Waals surface area (Å²) in [5.41, 5.74) is 3.08. The average molecular weight is 551 g/mol. The highest BCUT2D eigenvalue weighted by Gasteiger charge is 2.37. The van der Waals surface area contributed by atoms with Crippen molar-refractivity contribution in [2.45, 2.75) is 46.8 Å². The number of amides is 2. The first kappa shape index (κ1) is 23.7. The number of ether oxygens (including phenoxy) is 2. The monoisotopic (exact) mass is 551 g/mol. The summed E-state index contributed by atoms with van der Waals surface area (Å²) in [6, 6.07) is 11.9. The molecule has 0 radical (unpaired) electrons. The van der Waals surface area contributed by atoms with Crippen LogP contribution in [0.2, 0.25) is 0 Å². The maximum Gasteiger partial charge on any atom is 0.293 e. The fourth-order valence-electron chi connectivity index (χ4n) is 3.11. The van der Waals surface area contributed by atoms with Crippen molar-refractivity contribution in [2.24, 2.45) is 0 Å². The first-order valence-corrected chi connectivity index (χ1v) is 12.1. The lowest BCUT2D eigenvalue weighted by Gasteiger charge is -2.19. The number of hydrogen-bond acceptors (Lipinski definition) is 5. The van der Waals surface area contributed by atoms with Crippen LogP contribution in [-0.4, -0.2) is 28.7 Å². The van der Waals surface area contributed by atoms with Crippen LogP contribution in [0.25, 0.3) is 6.08 Å². The summed E-state index contributed by atoms with van der Waals surface area (Å²) in [5.74, 6) is 1.05. The molecule has 1 fully saturated rings. The number of rotatable bonds is 8. The third-order valence-electron chi connectivity index (χ3n) is 4.99.